The van der Waals surface area contributed by atoms with Gasteiger partial charge in [-0.05, 0) is 30.9 Å². The van der Waals surface area contributed by atoms with Crippen molar-refractivity contribution in [2.75, 3.05) is 12.4 Å². The molecule has 1 fully saturated rings. The lowest BCUT2D eigenvalue weighted by Crippen LogP contribution is -2.50. The third-order valence-electron chi connectivity index (χ3n) is 4.00. The fraction of sp³-hybridized carbons (Fsp3) is 0.533. The Morgan fingerprint density at radius 1 is 1.44 bits per heavy atom. The van der Waals surface area contributed by atoms with Gasteiger partial charge in [-0.1, -0.05) is 38.0 Å². The normalized spacial score (nSPS) is 26.9. The molecular formula is C15H21NO2. The number of hydrogen-bond acceptors (Lipinski definition) is 3. The van der Waals surface area contributed by atoms with Crippen LogP contribution in [0.5, 0.6) is 0 Å². The van der Waals surface area contributed by atoms with Gasteiger partial charge in [-0.2, -0.15) is 0 Å². The van der Waals surface area contributed by atoms with Crippen molar-refractivity contribution in [3.63, 3.8) is 0 Å². The van der Waals surface area contributed by atoms with E-state index in [-0.39, 0.29) is 5.97 Å². The van der Waals surface area contributed by atoms with Gasteiger partial charge in [0.15, 0.2) is 0 Å². The van der Waals surface area contributed by atoms with Crippen LogP contribution in [0.1, 0.15) is 32.6 Å². The highest BCUT2D eigenvalue weighted by atomic mass is 16.5. The summed E-state index contributed by atoms with van der Waals surface area (Å²) in [5, 5.41) is 3.43. The predicted octanol–water partition coefficient (Wildman–Crippen LogP) is 3.22. The van der Waals surface area contributed by atoms with Crippen LogP contribution in [0.15, 0.2) is 30.3 Å². The van der Waals surface area contributed by atoms with Crippen LogP contribution in [0.3, 0.4) is 0 Å². The molecule has 0 aliphatic heterocycles. The second-order valence-electron chi connectivity index (χ2n) is 4.95. The molecule has 0 saturated heterocycles. The molecule has 1 aliphatic carbocycles. The number of ether oxygens (including phenoxy) is 1. The maximum Gasteiger partial charge on any atom is 0.331 e. The summed E-state index contributed by atoms with van der Waals surface area (Å²) < 4.78 is 5.04. The summed E-state index contributed by atoms with van der Waals surface area (Å²) in [5.74, 6) is 0.223. The van der Waals surface area contributed by atoms with Gasteiger partial charge < -0.3 is 10.1 Å². The summed E-state index contributed by atoms with van der Waals surface area (Å²) in [5.41, 5.74) is 0.452. The van der Waals surface area contributed by atoms with Gasteiger partial charge in [0.2, 0.25) is 0 Å². The summed E-state index contributed by atoms with van der Waals surface area (Å²) in [6, 6.07) is 9.92. The van der Waals surface area contributed by atoms with Crippen LogP contribution in [0, 0.1) is 5.92 Å². The van der Waals surface area contributed by atoms with Crippen molar-refractivity contribution in [1.29, 1.82) is 0 Å². The summed E-state index contributed by atoms with van der Waals surface area (Å²) in [6.07, 6.45) is 4.01. The zero-order valence-electron chi connectivity index (χ0n) is 11.1. The zero-order valence-corrected chi connectivity index (χ0v) is 11.1. The maximum absolute atomic E-state index is 12.2. The quantitative estimate of drug-likeness (QED) is 0.830. The molecule has 2 atom stereocenters. The first kappa shape index (κ1) is 12.9. The molecular weight excluding hydrogens is 226 g/mol. The Bertz CT molecular complexity index is 404. The number of hydrogen-bond donors (Lipinski definition) is 1. The van der Waals surface area contributed by atoms with Crippen molar-refractivity contribution < 1.29 is 9.53 Å². The average molecular weight is 247 g/mol. The molecule has 1 aromatic rings. The van der Waals surface area contributed by atoms with Gasteiger partial charge in [0, 0.05) is 5.69 Å². The van der Waals surface area contributed by atoms with E-state index in [1.54, 1.807) is 0 Å². The number of carbonyl (C=O) groups is 1. The van der Waals surface area contributed by atoms with Gasteiger partial charge in [-0.15, -0.1) is 0 Å². The third kappa shape index (κ3) is 2.22. The first-order chi connectivity index (χ1) is 8.73. The van der Waals surface area contributed by atoms with Crippen LogP contribution in [-0.2, 0) is 9.53 Å². The lowest BCUT2D eigenvalue weighted by atomic mass is 9.84. The molecule has 1 N–H and O–H groups in total. The molecule has 3 heteroatoms. The van der Waals surface area contributed by atoms with Gasteiger partial charge >= 0.3 is 5.97 Å². The number of benzene rings is 1. The summed E-state index contributed by atoms with van der Waals surface area (Å²) in [7, 11) is 1.47. The molecule has 0 spiro atoms. The van der Waals surface area contributed by atoms with E-state index in [9.17, 15) is 4.79 Å². The maximum atomic E-state index is 12.2. The Morgan fingerprint density at radius 2 is 2.17 bits per heavy atom. The lowest BCUT2D eigenvalue weighted by molar-refractivity contribution is -0.147. The summed E-state index contributed by atoms with van der Waals surface area (Å²) in [4.78, 5) is 12.2. The van der Waals surface area contributed by atoms with Gasteiger partial charge in [-0.25, -0.2) is 4.79 Å². The number of carbonyl (C=O) groups excluding carboxylic acids is 1. The van der Waals surface area contributed by atoms with Crippen LogP contribution in [0.4, 0.5) is 5.69 Å². The second-order valence-corrected chi connectivity index (χ2v) is 4.95. The second kappa shape index (κ2) is 5.42. The number of methoxy groups -OCH3 is 1. The summed E-state index contributed by atoms with van der Waals surface area (Å²) in [6.45, 7) is 2.14. The highest BCUT2D eigenvalue weighted by molar-refractivity contribution is 5.85. The van der Waals surface area contributed by atoms with Crippen LogP contribution in [0.2, 0.25) is 0 Å². The first-order valence-corrected chi connectivity index (χ1v) is 6.64. The Hall–Kier alpha value is -1.51. The van der Waals surface area contributed by atoms with Crippen LogP contribution in [0.25, 0.3) is 0 Å². The fourth-order valence-corrected chi connectivity index (χ4v) is 3.08. The number of anilines is 1. The van der Waals surface area contributed by atoms with E-state index < -0.39 is 5.54 Å². The molecule has 0 amide bonds. The van der Waals surface area contributed by atoms with Gasteiger partial charge in [-0.3, -0.25) is 0 Å². The molecule has 0 aromatic heterocycles. The molecule has 3 nitrogen and oxygen atoms in total. The Balaban J connectivity index is 2.28. The predicted molar refractivity (Wildman–Crippen MR) is 72.4 cm³/mol. The first-order valence-electron chi connectivity index (χ1n) is 6.64. The number of rotatable bonds is 4. The van der Waals surface area contributed by atoms with E-state index in [1.807, 2.05) is 30.3 Å². The van der Waals surface area contributed by atoms with Crippen molar-refractivity contribution in [1.82, 2.24) is 0 Å². The number of nitrogens with one attached hydrogen (secondary N) is 1. The Morgan fingerprint density at radius 3 is 2.78 bits per heavy atom. The minimum absolute atomic E-state index is 0.129. The van der Waals surface area contributed by atoms with Crippen LogP contribution < -0.4 is 5.32 Å². The van der Waals surface area contributed by atoms with Crippen molar-refractivity contribution in [3.05, 3.63) is 30.3 Å². The van der Waals surface area contributed by atoms with Crippen LogP contribution >= 0.6 is 0 Å². The molecule has 2 rings (SSSR count). The van der Waals surface area contributed by atoms with Crippen molar-refractivity contribution in [2.45, 2.75) is 38.1 Å². The standard InChI is InChI=1S/C15H21NO2/c1-3-12-8-7-11-15(12,14(17)18-2)16-13-9-5-4-6-10-13/h4-6,9-10,12,16H,3,7-8,11H2,1-2H3. The van der Waals surface area contributed by atoms with Crippen molar-refractivity contribution in [3.8, 4) is 0 Å². The van der Waals surface area contributed by atoms with E-state index in [0.717, 1.165) is 31.4 Å². The van der Waals surface area contributed by atoms with E-state index in [1.165, 1.54) is 7.11 Å². The van der Waals surface area contributed by atoms with Gasteiger partial charge in [0.05, 0.1) is 7.11 Å². The molecule has 1 aromatic carbocycles. The SMILES string of the molecule is CCC1CCCC1(Nc1ccccc1)C(=O)OC. The average Bonchev–Trinajstić information content (AvgIpc) is 2.83. The molecule has 0 radical (unpaired) electrons. The minimum Gasteiger partial charge on any atom is -0.467 e. The number of para-hydroxylation sites is 1. The molecule has 1 saturated carbocycles. The highest BCUT2D eigenvalue weighted by Crippen LogP contribution is 2.41. The molecule has 1 aliphatic rings. The molecule has 98 valence electrons. The van der Waals surface area contributed by atoms with Gasteiger partial charge in [0.1, 0.15) is 5.54 Å². The largest absolute Gasteiger partial charge is 0.467 e. The van der Waals surface area contributed by atoms with Crippen LogP contribution in [-0.4, -0.2) is 18.6 Å². The van der Waals surface area contributed by atoms with E-state index in [0.29, 0.717) is 5.92 Å². The topological polar surface area (TPSA) is 38.3 Å². The van der Waals surface area contributed by atoms with Gasteiger partial charge in [0.25, 0.3) is 0 Å². The lowest BCUT2D eigenvalue weighted by Gasteiger charge is -2.34. The Labute approximate surface area is 109 Å². The molecule has 18 heavy (non-hydrogen) atoms. The molecule has 0 heterocycles. The van der Waals surface area contributed by atoms with Crippen molar-refractivity contribution >= 4 is 11.7 Å². The van der Waals surface area contributed by atoms with Crippen molar-refractivity contribution in [2.24, 2.45) is 5.92 Å². The highest BCUT2D eigenvalue weighted by Gasteiger charge is 2.49. The minimum atomic E-state index is -0.537. The Kier molecular flexibility index (Phi) is 3.90. The number of esters is 1. The molecule has 0 bridgehead atoms. The smallest absolute Gasteiger partial charge is 0.331 e. The molecule has 2 unspecified atom stereocenters. The van der Waals surface area contributed by atoms with E-state index in [2.05, 4.69) is 12.2 Å². The third-order valence-corrected chi connectivity index (χ3v) is 4.00. The van der Waals surface area contributed by atoms with E-state index in [4.69, 9.17) is 4.74 Å². The monoisotopic (exact) mass is 247 g/mol. The zero-order chi connectivity index (χ0) is 13.0. The van der Waals surface area contributed by atoms with E-state index >= 15 is 0 Å². The summed E-state index contributed by atoms with van der Waals surface area (Å²) >= 11 is 0. The fourth-order valence-electron chi connectivity index (χ4n) is 3.08.